The fraction of sp³-hybridized carbons (Fsp3) is 0.235. The molecule has 2 aromatic carbocycles. The number of sulfonamides is 1. The molecule has 4 nitrogen and oxygen atoms in total. The predicted molar refractivity (Wildman–Crippen MR) is 88.5 cm³/mol. The Morgan fingerprint density at radius 2 is 1.65 bits per heavy atom. The van der Waals surface area contributed by atoms with E-state index in [9.17, 15) is 8.42 Å². The minimum absolute atomic E-state index is 0.164. The highest BCUT2D eigenvalue weighted by molar-refractivity contribution is 7.89. The van der Waals surface area contributed by atoms with Gasteiger partial charge in [-0.2, -0.15) is 5.26 Å². The Morgan fingerprint density at radius 3 is 2.13 bits per heavy atom. The van der Waals surface area contributed by atoms with Crippen molar-refractivity contribution in [2.75, 3.05) is 0 Å². The second kappa shape index (κ2) is 5.97. The van der Waals surface area contributed by atoms with E-state index in [4.69, 9.17) is 16.9 Å². The Labute approximate surface area is 140 Å². The van der Waals surface area contributed by atoms with E-state index < -0.39 is 15.6 Å². The number of hydrogen-bond donors (Lipinski definition) is 1. The van der Waals surface area contributed by atoms with Gasteiger partial charge in [0, 0.05) is 5.02 Å². The Balaban J connectivity index is 1.91. The molecule has 6 heteroatoms. The summed E-state index contributed by atoms with van der Waals surface area (Å²) < 4.78 is 28.2. The summed E-state index contributed by atoms with van der Waals surface area (Å²) in [6.45, 7) is 0. The van der Waals surface area contributed by atoms with E-state index in [1.165, 1.54) is 24.3 Å². The SMILES string of the molecule is N#Cc1ccc(S(=O)(=O)NC2(c3ccc(Cl)cc3)CCC2)cc1. The minimum Gasteiger partial charge on any atom is -0.207 e. The van der Waals surface area contributed by atoms with E-state index in [2.05, 4.69) is 4.72 Å². The van der Waals surface area contributed by atoms with Gasteiger partial charge in [-0.05, 0) is 61.2 Å². The first-order chi connectivity index (χ1) is 11.0. The fourth-order valence-electron chi connectivity index (χ4n) is 2.77. The second-order valence-corrected chi connectivity index (χ2v) is 7.80. The highest BCUT2D eigenvalue weighted by Gasteiger charge is 2.42. The molecule has 0 heterocycles. The van der Waals surface area contributed by atoms with Crippen LogP contribution in [0.15, 0.2) is 53.4 Å². The summed E-state index contributed by atoms with van der Waals surface area (Å²) in [6.07, 6.45) is 2.48. The zero-order valence-corrected chi connectivity index (χ0v) is 13.9. The summed E-state index contributed by atoms with van der Waals surface area (Å²) in [6, 6.07) is 15.2. The van der Waals surface area contributed by atoms with Gasteiger partial charge in [0.25, 0.3) is 0 Å². The number of nitriles is 1. The van der Waals surface area contributed by atoms with Crippen molar-refractivity contribution < 1.29 is 8.42 Å². The number of hydrogen-bond acceptors (Lipinski definition) is 3. The van der Waals surface area contributed by atoms with E-state index in [1.807, 2.05) is 18.2 Å². The van der Waals surface area contributed by atoms with Crippen molar-refractivity contribution >= 4 is 21.6 Å². The lowest BCUT2D eigenvalue weighted by Crippen LogP contribution is -2.50. The van der Waals surface area contributed by atoms with Crippen molar-refractivity contribution in [1.82, 2.24) is 4.72 Å². The molecule has 0 bridgehead atoms. The van der Waals surface area contributed by atoms with Crippen LogP contribution in [0.25, 0.3) is 0 Å². The van der Waals surface area contributed by atoms with E-state index in [0.29, 0.717) is 10.6 Å². The summed E-state index contributed by atoms with van der Waals surface area (Å²) in [7, 11) is -3.65. The Kier molecular flexibility index (Phi) is 4.15. The highest BCUT2D eigenvalue weighted by atomic mass is 35.5. The lowest BCUT2D eigenvalue weighted by atomic mass is 9.73. The largest absolute Gasteiger partial charge is 0.241 e. The molecule has 0 saturated heterocycles. The molecule has 1 aliphatic carbocycles. The number of nitrogens with one attached hydrogen (secondary N) is 1. The van der Waals surface area contributed by atoms with Crippen molar-refractivity contribution in [3.05, 3.63) is 64.7 Å². The van der Waals surface area contributed by atoms with Crippen LogP contribution in [-0.2, 0) is 15.6 Å². The Hall–Kier alpha value is -1.87. The average Bonchev–Trinajstić information content (AvgIpc) is 2.52. The van der Waals surface area contributed by atoms with E-state index >= 15 is 0 Å². The van der Waals surface area contributed by atoms with Crippen LogP contribution < -0.4 is 4.72 Å². The summed E-state index contributed by atoms with van der Waals surface area (Å²) >= 11 is 5.92. The Morgan fingerprint density at radius 1 is 1.04 bits per heavy atom. The normalized spacial score (nSPS) is 16.3. The maximum Gasteiger partial charge on any atom is 0.241 e. The van der Waals surface area contributed by atoms with Gasteiger partial charge < -0.3 is 0 Å². The average molecular weight is 347 g/mol. The standard InChI is InChI=1S/C17H15ClN2O2S/c18-15-6-4-14(5-7-15)17(10-1-11-17)20-23(21,22)16-8-2-13(12-19)3-9-16/h2-9,20H,1,10-11H2. The van der Waals surface area contributed by atoms with Gasteiger partial charge in [-0.3, -0.25) is 0 Å². The van der Waals surface area contributed by atoms with Crippen LogP contribution in [0.3, 0.4) is 0 Å². The van der Waals surface area contributed by atoms with Crippen LogP contribution in [-0.4, -0.2) is 8.42 Å². The van der Waals surface area contributed by atoms with Gasteiger partial charge >= 0.3 is 0 Å². The van der Waals surface area contributed by atoms with Crippen LogP contribution in [0, 0.1) is 11.3 Å². The van der Waals surface area contributed by atoms with Crippen LogP contribution in [0.5, 0.6) is 0 Å². The maximum atomic E-state index is 12.7. The monoisotopic (exact) mass is 346 g/mol. The van der Waals surface area contributed by atoms with Crippen molar-refractivity contribution in [3.63, 3.8) is 0 Å². The highest BCUT2D eigenvalue weighted by Crippen LogP contribution is 2.42. The van der Waals surface area contributed by atoms with Crippen molar-refractivity contribution in [2.45, 2.75) is 29.7 Å². The fourth-order valence-corrected chi connectivity index (χ4v) is 4.35. The first-order valence-electron chi connectivity index (χ1n) is 7.25. The lowest BCUT2D eigenvalue weighted by molar-refractivity contribution is 0.224. The molecule has 23 heavy (non-hydrogen) atoms. The summed E-state index contributed by atoms with van der Waals surface area (Å²) in [5.74, 6) is 0. The molecule has 1 saturated carbocycles. The Bertz CT molecular complexity index is 849. The van der Waals surface area contributed by atoms with Crippen LogP contribution in [0.2, 0.25) is 5.02 Å². The molecular weight excluding hydrogens is 332 g/mol. The van der Waals surface area contributed by atoms with Gasteiger partial charge in [-0.25, -0.2) is 13.1 Å². The number of benzene rings is 2. The van der Waals surface area contributed by atoms with Crippen LogP contribution >= 0.6 is 11.6 Å². The summed E-state index contributed by atoms with van der Waals surface area (Å²) in [5, 5.41) is 9.43. The minimum atomic E-state index is -3.65. The maximum absolute atomic E-state index is 12.7. The first kappa shape index (κ1) is 16.0. The molecule has 1 fully saturated rings. The van der Waals surface area contributed by atoms with Gasteiger partial charge in [0.1, 0.15) is 0 Å². The molecule has 0 aliphatic heterocycles. The molecular formula is C17H15ClN2O2S. The van der Waals surface area contributed by atoms with E-state index in [1.54, 1.807) is 12.1 Å². The van der Waals surface area contributed by atoms with Gasteiger partial charge in [-0.15, -0.1) is 0 Å². The molecule has 0 radical (unpaired) electrons. The van der Waals surface area contributed by atoms with Crippen molar-refractivity contribution in [3.8, 4) is 6.07 Å². The third-order valence-electron chi connectivity index (χ3n) is 4.23. The van der Waals surface area contributed by atoms with Crippen LogP contribution in [0.4, 0.5) is 0 Å². The van der Waals surface area contributed by atoms with Gasteiger partial charge in [-0.1, -0.05) is 23.7 Å². The third-order valence-corrected chi connectivity index (χ3v) is 6.03. The molecule has 0 spiro atoms. The molecule has 0 amide bonds. The first-order valence-corrected chi connectivity index (χ1v) is 9.12. The zero-order chi connectivity index (χ0) is 16.5. The predicted octanol–water partition coefficient (Wildman–Crippen LogP) is 3.57. The van der Waals surface area contributed by atoms with E-state index in [-0.39, 0.29) is 4.90 Å². The number of rotatable bonds is 4. The molecule has 0 unspecified atom stereocenters. The smallest absolute Gasteiger partial charge is 0.207 e. The summed E-state index contributed by atoms with van der Waals surface area (Å²) in [5.41, 5.74) is 0.780. The molecule has 1 aliphatic rings. The van der Waals surface area contributed by atoms with Gasteiger partial charge in [0.05, 0.1) is 22.1 Å². The molecule has 118 valence electrons. The van der Waals surface area contributed by atoms with Gasteiger partial charge in [0.2, 0.25) is 10.0 Å². The molecule has 3 rings (SSSR count). The quantitative estimate of drug-likeness (QED) is 0.920. The molecule has 0 atom stereocenters. The second-order valence-electron chi connectivity index (χ2n) is 5.68. The third kappa shape index (κ3) is 3.11. The van der Waals surface area contributed by atoms with E-state index in [0.717, 1.165) is 24.8 Å². The number of halogens is 1. The molecule has 1 N–H and O–H groups in total. The van der Waals surface area contributed by atoms with Crippen molar-refractivity contribution in [2.24, 2.45) is 0 Å². The zero-order valence-electron chi connectivity index (χ0n) is 12.3. The topological polar surface area (TPSA) is 70.0 Å². The summed E-state index contributed by atoms with van der Waals surface area (Å²) in [4.78, 5) is 0.164. The lowest BCUT2D eigenvalue weighted by Gasteiger charge is -2.42. The number of nitrogens with zero attached hydrogens (tertiary/aromatic N) is 1. The van der Waals surface area contributed by atoms with Crippen LogP contribution in [0.1, 0.15) is 30.4 Å². The molecule has 0 aromatic heterocycles. The van der Waals surface area contributed by atoms with Crippen molar-refractivity contribution in [1.29, 1.82) is 5.26 Å². The molecule has 2 aromatic rings. The van der Waals surface area contributed by atoms with Gasteiger partial charge in [0.15, 0.2) is 0 Å².